The van der Waals surface area contributed by atoms with E-state index in [-0.39, 0.29) is 23.6 Å². The highest BCUT2D eigenvalue weighted by Crippen LogP contribution is 2.28. The number of halogens is 2. The van der Waals surface area contributed by atoms with Crippen molar-refractivity contribution in [3.8, 4) is 0 Å². The zero-order valence-electron chi connectivity index (χ0n) is 15.3. The summed E-state index contributed by atoms with van der Waals surface area (Å²) in [6.45, 7) is 6.19. The largest absolute Gasteiger partial charge is 0.348 e. The number of aromatic nitrogens is 1. The number of carbonyl (C=O) groups is 1. The summed E-state index contributed by atoms with van der Waals surface area (Å²) in [6, 6.07) is 4.92. The van der Waals surface area contributed by atoms with Crippen LogP contribution >= 0.6 is 11.3 Å². The van der Waals surface area contributed by atoms with Crippen molar-refractivity contribution < 1.29 is 13.6 Å². The number of hydrogen-bond donors (Lipinski definition) is 1. The fourth-order valence-corrected chi connectivity index (χ4v) is 4.07. The van der Waals surface area contributed by atoms with Gasteiger partial charge in [-0.15, -0.1) is 11.3 Å². The van der Waals surface area contributed by atoms with Gasteiger partial charge in [0, 0.05) is 34.4 Å². The van der Waals surface area contributed by atoms with E-state index in [4.69, 9.17) is 0 Å². The molecule has 1 N–H and O–H groups in total. The van der Waals surface area contributed by atoms with Gasteiger partial charge in [-0.3, -0.25) is 9.59 Å². The van der Waals surface area contributed by atoms with Gasteiger partial charge < -0.3 is 9.88 Å². The molecular formula is C20H20F2N2O2S. The Bertz CT molecular complexity index is 1070. The third-order valence-electron chi connectivity index (χ3n) is 4.23. The van der Waals surface area contributed by atoms with Gasteiger partial charge in [-0.1, -0.05) is 13.8 Å². The zero-order valence-corrected chi connectivity index (χ0v) is 16.1. The van der Waals surface area contributed by atoms with Crippen LogP contribution in [0.3, 0.4) is 0 Å². The summed E-state index contributed by atoms with van der Waals surface area (Å²) in [6.07, 6.45) is 1.74. The minimum absolute atomic E-state index is 0.0535. The molecule has 27 heavy (non-hydrogen) atoms. The maximum atomic E-state index is 13.8. The Balaban J connectivity index is 1.95. The number of carbonyl (C=O) groups excluding carboxylic acids is 1. The fraction of sp³-hybridized carbons (Fsp3) is 0.300. The Hall–Kier alpha value is -2.54. The summed E-state index contributed by atoms with van der Waals surface area (Å²) in [4.78, 5) is 26.3. The van der Waals surface area contributed by atoms with Crippen LogP contribution in [-0.2, 0) is 13.1 Å². The maximum Gasteiger partial charge on any atom is 0.260 e. The molecule has 0 bridgehead atoms. The first kappa shape index (κ1) is 19.2. The van der Waals surface area contributed by atoms with E-state index < -0.39 is 17.5 Å². The Morgan fingerprint density at radius 3 is 2.70 bits per heavy atom. The summed E-state index contributed by atoms with van der Waals surface area (Å²) in [5, 5.41) is 2.98. The zero-order chi connectivity index (χ0) is 19.7. The number of fused-ring (bicyclic) bond motifs is 1. The fourth-order valence-electron chi connectivity index (χ4n) is 3.02. The number of aryl methyl sites for hydroxylation is 1. The quantitative estimate of drug-likeness (QED) is 0.709. The minimum Gasteiger partial charge on any atom is -0.348 e. The highest BCUT2D eigenvalue weighted by molar-refractivity contribution is 7.19. The molecule has 0 aliphatic carbocycles. The van der Waals surface area contributed by atoms with Gasteiger partial charge in [0.1, 0.15) is 11.6 Å². The third-order valence-corrected chi connectivity index (χ3v) is 5.30. The molecule has 0 unspecified atom stereocenters. The summed E-state index contributed by atoms with van der Waals surface area (Å²) < 4.78 is 29.4. The highest BCUT2D eigenvalue weighted by Gasteiger charge is 2.20. The molecule has 2 heterocycles. The summed E-state index contributed by atoms with van der Waals surface area (Å²) in [5.74, 6) is -1.35. The van der Waals surface area contributed by atoms with Crippen molar-refractivity contribution in [2.45, 2.75) is 33.9 Å². The first-order chi connectivity index (χ1) is 12.8. The maximum absolute atomic E-state index is 13.8. The van der Waals surface area contributed by atoms with Crippen molar-refractivity contribution in [3.63, 3.8) is 0 Å². The summed E-state index contributed by atoms with van der Waals surface area (Å²) in [7, 11) is 0. The van der Waals surface area contributed by atoms with Gasteiger partial charge in [-0.2, -0.15) is 0 Å². The van der Waals surface area contributed by atoms with Crippen LogP contribution < -0.4 is 10.9 Å². The standard InChI is InChI=1S/C20H20F2N2O2S/c1-11(2)10-24-7-6-16-18(20(24)26)17(12(3)27-16)19(25)23-9-13-8-14(21)4-5-15(13)22/h4-8,11H,9-10H2,1-3H3,(H,23,25). The van der Waals surface area contributed by atoms with Gasteiger partial charge in [-0.25, -0.2) is 8.78 Å². The van der Waals surface area contributed by atoms with Crippen LogP contribution in [-0.4, -0.2) is 10.5 Å². The van der Waals surface area contributed by atoms with E-state index in [2.05, 4.69) is 5.32 Å². The van der Waals surface area contributed by atoms with E-state index in [1.165, 1.54) is 11.3 Å². The molecule has 1 amide bonds. The number of amides is 1. The second-order valence-corrected chi connectivity index (χ2v) is 8.11. The van der Waals surface area contributed by atoms with Crippen LogP contribution in [0.5, 0.6) is 0 Å². The van der Waals surface area contributed by atoms with Crippen molar-refractivity contribution in [3.05, 3.63) is 68.5 Å². The molecule has 3 aromatic rings. The molecule has 0 aliphatic heterocycles. The second-order valence-electron chi connectivity index (χ2n) is 6.86. The van der Waals surface area contributed by atoms with Crippen molar-refractivity contribution >= 4 is 27.3 Å². The Morgan fingerprint density at radius 2 is 2.00 bits per heavy atom. The van der Waals surface area contributed by atoms with Gasteiger partial charge in [0.05, 0.1) is 10.9 Å². The normalized spacial score (nSPS) is 11.3. The van der Waals surface area contributed by atoms with Crippen LogP contribution in [0, 0.1) is 24.5 Å². The molecule has 1 aromatic carbocycles. The average Bonchev–Trinajstić information content (AvgIpc) is 2.94. The molecule has 2 aromatic heterocycles. The van der Waals surface area contributed by atoms with Crippen LogP contribution in [0.4, 0.5) is 8.78 Å². The minimum atomic E-state index is -0.595. The Labute approximate surface area is 159 Å². The molecule has 0 saturated heterocycles. The lowest BCUT2D eigenvalue weighted by molar-refractivity contribution is 0.0952. The molecule has 0 fully saturated rings. The van der Waals surface area contributed by atoms with E-state index in [0.29, 0.717) is 22.4 Å². The summed E-state index contributed by atoms with van der Waals surface area (Å²) >= 11 is 1.37. The van der Waals surface area contributed by atoms with E-state index in [1.54, 1.807) is 17.7 Å². The van der Waals surface area contributed by atoms with Gasteiger partial charge in [-0.05, 0) is 37.1 Å². The van der Waals surface area contributed by atoms with Gasteiger partial charge in [0.25, 0.3) is 11.5 Å². The molecular weight excluding hydrogens is 370 g/mol. The first-order valence-corrected chi connectivity index (χ1v) is 9.44. The average molecular weight is 390 g/mol. The molecule has 142 valence electrons. The lowest BCUT2D eigenvalue weighted by atomic mass is 10.1. The molecule has 0 radical (unpaired) electrons. The van der Waals surface area contributed by atoms with Crippen molar-refractivity contribution in [2.75, 3.05) is 0 Å². The molecule has 0 saturated carbocycles. The van der Waals surface area contributed by atoms with E-state index in [0.717, 1.165) is 22.9 Å². The number of pyridine rings is 1. The Kier molecular flexibility index (Phi) is 5.41. The second kappa shape index (κ2) is 7.60. The number of nitrogens with one attached hydrogen (secondary N) is 1. The lowest BCUT2D eigenvalue weighted by Gasteiger charge is -2.10. The number of benzene rings is 1. The van der Waals surface area contributed by atoms with Crippen molar-refractivity contribution in [1.29, 1.82) is 0 Å². The Morgan fingerprint density at radius 1 is 1.26 bits per heavy atom. The first-order valence-electron chi connectivity index (χ1n) is 8.62. The summed E-state index contributed by atoms with van der Waals surface area (Å²) in [5.41, 5.74) is 0.139. The topological polar surface area (TPSA) is 51.1 Å². The molecule has 4 nitrogen and oxygen atoms in total. The van der Waals surface area contributed by atoms with Crippen molar-refractivity contribution in [1.82, 2.24) is 9.88 Å². The number of nitrogens with zero attached hydrogens (tertiary/aromatic N) is 1. The van der Waals surface area contributed by atoms with Crippen LogP contribution in [0.1, 0.15) is 34.6 Å². The van der Waals surface area contributed by atoms with Crippen LogP contribution in [0.2, 0.25) is 0 Å². The smallest absolute Gasteiger partial charge is 0.260 e. The number of rotatable bonds is 5. The molecule has 0 aliphatic rings. The predicted octanol–water partition coefficient (Wildman–Crippen LogP) is 4.24. The molecule has 3 rings (SSSR count). The van der Waals surface area contributed by atoms with E-state index >= 15 is 0 Å². The number of thiophene rings is 1. The van der Waals surface area contributed by atoms with Gasteiger partial charge >= 0.3 is 0 Å². The SMILES string of the molecule is Cc1sc2ccn(CC(C)C)c(=O)c2c1C(=O)NCc1cc(F)ccc1F. The molecule has 7 heteroatoms. The lowest BCUT2D eigenvalue weighted by Crippen LogP contribution is -2.27. The molecule has 0 spiro atoms. The van der Waals surface area contributed by atoms with Crippen LogP contribution in [0.15, 0.2) is 35.3 Å². The highest BCUT2D eigenvalue weighted by atomic mass is 32.1. The monoisotopic (exact) mass is 390 g/mol. The predicted molar refractivity (Wildman–Crippen MR) is 103 cm³/mol. The van der Waals surface area contributed by atoms with Gasteiger partial charge in [0.2, 0.25) is 0 Å². The number of hydrogen-bond acceptors (Lipinski definition) is 3. The van der Waals surface area contributed by atoms with Crippen LogP contribution in [0.25, 0.3) is 10.1 Å². The third kappa shape index (κ3) is 3.93. The molecule has 0 atom stereocenters. The van der Waals surface area contributed by atoms with E-state index in [9.17, 15) is 18.4 Å². The van der Waals surface area contributed by atoms with Gasteiger partial charge in [0.15, 0.2) is 0 Å². The van der Waals surface area contributed by atoms with E-state index in [1.807, 2.05) is 19.9 Å². The van der Waals surface area contributed by atoms with Crippen molar-refractivity contribution in [2.24, 2.45) is 5.92 Å².